The smallest absolute Gasteiger partial charge is 0.225 e. The van der Waals surface area contributed by atoms with E-state index < -0.39 is 0 Å². The van der Waals surface area contributed by atoms with E-state index in [-0.39, 0.29) is 5.91 Å². The molecule has 0 aromatic heterocycles. The second-order valence-corrected chi connectivity index (χ2v) is 4.53. The fraction of sp³-hybridized carbons (Fsp3) is 0.182. The van der Waals surface area contributed by atoms with Crippen molar-refractivity contribution in [3.8, 4) is 12.3 Å². The maximum Gasteiger partial charge on any atom is 0.225 e. The molecule has 0 aliphatic carbocycles. The third kappa shape index (κ3) is 4.10. The molecule has 0 radical (unpaired) electrons. The van der Waals surface area contributed by atoms with Crippen LogP contribution in [0.3, 0.4) is 0 Å². The highest BCUT2D eigenvalue weighted by Crippen LogP contribution is 2.23. The number of amides is 1. The van der Waals surface area contributed by atoms with Crippen LogP contribution in [0.1, 0.15) is 12.8 Å². The van der Waals surface area contributed by atoms with Crippen molar-refractivity contribution in [3.63, 3.8) is 0 Å². The van der Waals surface area contributed by atoms with Crippen molar-refractivity contribution in [2.75, 3.05) is 5.32 Å². The summed E-state index contributed by atoms with van der Waals surface area (Å²) in [5, 5.41) is 3.24. The molecule has 1 rings (SSSR count). The van der Waals surface area contributed by atoms with Crippen LogP contribution in [0.2, 0.25) is 5.02 Å². The normalized spacial score (nSPS) is 9.40. The van der Waals surface area contributed by atoms with Gasteiger partial charge in [0.25, 0.3) is 0 Å². The van der Waals surface area contributed by atoms with Crippen molar-refractivity contribution in [2.45, 2.75) is 12.8 Å². The molecule has 0 heterocycles. The Kier molecular flexibility index (Phi) is 4.92. The number of nitrogens with one attached hydrogen (secondary N) is 1. The van der Waals surface area contributed by atoms with Gasteiger partial charge in [-0.15, -0.1) is 12.3 Å². The van der Waals surface area contributed by atoms with Gasteiger partial charge in [0, 0.05) is 16.4 Å². The number of hydrogen-bond acceptors (Lipinski definition) is 1. The van der Waals surface area contributed by atoms with Crippen molar-refractivity contribution in [2.24, 2.45) is 0 Å². The number of rotatable bonds is 3. The van der Waals surface area contributed by atoms with E-state index in [2.05, 4.69) is 33.8 Å². The monoisotopic (exact) mass is 333 g/mol. The molecule has 78 valence electrons. The minimum Gasteiger partial charge on any atom is -0.325 e. The molecule has 0 aliphatic rings. The predicted molar refractivity (Wildman–Crippen MR) is 70.9 cm³/mol. The predicted octanol–water partition coefficient (Wildman–Crippen LogP) is 3.30. The molecule has 0 spiro atoms. The molecule has 0 atom stereocenters. The first-order valence-corrected chi connectivity index (χ1v) is 5.77. The largest absolute Gasteiger partial charge is 0.325 e. The van der Waals surface area contributed by atoms with E-state index in [1.165, 1.54) is 0 Å². The molecule has 0 saturated carbocycles. The lowest BCUT2D eigenvalue weighted by atomic mass is 10.2. The van der Waals surface area contributed by atoms with Crippen molar-refractivity contribution < 1.29 is 4.79 Å². The van der Waals surface area contributed by atoms with Gasteiger partial charge in [-0.05, 0) is 40.8 Å². The summed E-state index contributed by atoms with van der Waals surface area (Å²) in [6, 6.07) is 5.44. The Hall–Kier alpha value is -0.730. The van der Waals surface area contributed by atoms with Crippen molar-refractivity contribution in [1.82, 2.24) is 0 Å². The van der Waals surface area contributed by atoms with Crippen molar-refractivity contribution in [1.29, 1.82) is 0 Å². The molecule has 0 fully saturated rings. The number of carbonyl (C=O) groups is 1. The lowest BCUT2D eigenvalue weighted by Gasteiger charge is -2.06. The summed E-state index contributed by atoms with van der Waals surface area (Å²) in [6.07, 6.45) is 5.82. The van der Waals surface area contributed by atoms with E-state index in [0.29, 0.717) is 23.6 Å². The maximum absolute atomic E-state index is 11.3. The first-order valence-electron chi connectivity index (χ1n) is 4.32. The second kappa shape index (κ2) is 5.99. The number of hydrogen-bond donors (Lipinski definition) is 1. The third-order valence-electron chi connectivity index (χ3n) is 1.70. The number of anilines is 1. The summed E-state index contributed by atoms with van der Waals surface area (Å²) < 4.78 is 1.03. The molecule has 15 heavy (non-hydrogen) atoms. The Morgan fingerprint density at radius 1 is 1.60 bits per heavy atom. The standard InChI is InChI=1S/C11H9ClINO/c1-2-3-4-11(15)14-10-6-5-8(13)7-9(10)12/h1,5-7H,3-4H2,(H,14,15). The van der Waals surface area contributed by atoms with Crippen LogP contribution >= 0.6 is 34.2 Å². The summed E-state index contributed by atoms with van der Waals surface area (Å²) in [6.45, 7) is 0. The Morgan fingerprint density at radius 2 is 2.33 bits per heavy atom. The average molecular weight is 334 g/mol. The van der Waals surface area contributed by atoms with E-state index >= 15 is 0 Å². The van der Waals surface area contributed by atoms with Crippen LogP contribution < -0.4 is 5.32 Å². The summed E-state index contributed by atoms with van der Waals surface area (Å²) in [7, 11) is 0. The van der Waals surface area contributed by atoms with E-state index in [1.54, 1.807) is 12.1 Å². The van der Waals surface area contributed by atoms with Gasteiger partial charge in [-0.2, -0.15) is 0 Å². The molecule has 1 N–H and O–H groups in total. The zero-order valence-electron chi connectivity index (χ0n) is 7.89. The summed E-state index contributed by atoms with van der Waals surface area (Å²) in [5.74, 6) is 2.30. The fourth-order valence-corrected chi connectivity index (χ4v) is 1.89. The van der Waals surface area contributed by atoms with Gasteiger partial charge in [-0.1, -0.05) is 11.6 Å². The minimum atomic E-state index is -0.115. The molecule has 0 saturated heterocycles. The first kappa shape index (κ1) is 12.3. The highest BCUT2D eigenvalue weighted by atomic mass is 127. The van der Waals surface area contributed by atoms with Gasteiger partial charge in [0.1, 0.15) is 0 Å². The SMILES string of the molecule is C#CCCC(=O)Nc1ccc(I)cc1Cl. The highest BCUT2D eigenvalue weighted by molar-refractivity contribution is 14.1. The number of carbonyl (C=O) groups excluding carboxylic acids is 1. The zero-order valence-corrected chi connectivity index (χ0v) is 10.8. The molecule has 0 bridgehead atoms. The van der Waals surface area contributed by atoms with Gasteiger partial charge >= 0.3 is 0 Å². The average Bonchev–Trinajstić information content (AvgIpc) is 2.19. The molecule has 0 unspecified atom stereocenters. The topological polar surface area (TPSA) is 29.1 Å². The molecule has 0 aliphatic heterocycles. The third-order valence-corrected chi connectivity index (χ3v) is 2.69. The Morgan fingerprint density at radius 3 is 2.93 bits per heavy atom. The minimum absolute atomic E-state index is 0.115. The number of benzene rings is 1. The van der Waals surface area contributed by atoms with Gasteiger partial charge in [0.2, 0.25) is 5.91 Å². The number of terminal acetylenes is 1. The van der Waals surface area contributed by atoms with E-state index in [0.717, 1.165) is 3.57 Å². The van der Waals surface area contributed by atoms with Gasteiger partial charge in [-0.25, -0.2) is 0 Å². The van der Waals surface area contributed by atoms with Crippen LogP contribution in [0.5, 0.6) is 0 Å². The molecular formula is C11H9ClINO. The summed E-state index contributed by atoms with van der Waals surface area (Å²) in [4.78, 5) is 11.3. The van der Waals surface area contributed by atoms with Crippen LogP contribution in [0.25, 0.3) is 0 Å². The molecular weight excluding hydrogens is 324 g/mol. The first-order chi connectivity index (χ1) is 7.13. The van der Waals surface area contributed by atoms with E-state index in [9.17, 15) is 4.79 Å². The van der Waals surface area contributed by atoms with Crippen LogP contribution in [-0.2, 0) is 4.79 Å². The summed E-state index contributed by atoms with van der Waals surface area (Å²) >= 11 is 8.10. The van der Waals surface area contributed by atoms with Crippen molar-refractivity contribution >= 4 is 45.8 Å². The van der Waals surface area contributed by atoms with Crippen LogP contribution in [0.15, 0.2) is 18.2 Å². The van der Waals surface area contributed by atoms with Gasteiger partial charge in [0.15, 0.2) is 0 Å². The Bertz CT molecular complexity index is 412. The quantitative estimate of drug-likeness (QED) is 0.667. The van der Waals surface area contributed by atoms with Gasteiger partial charge < -0.3 is 5.32 Å². The fourth-order valence-electron chi connectivity index (χ4n) is 0.989. The van der Waals surface area contributed by atoms with Crippen molar-refractivity contribution in [3.05, 3.63) is 26.8 Å². The highest BCUT2D eigenvalue weighted by Gasteiger charge is 2.05. The van der Waals surface area contributed by atoms with E-state index in [1.807, 2.05) is 6.07 Å². The van der Waals surface area contributed by atoms with E-state index in [4.69, 9.17) is 18.0 Å². The Balaban J connectivity index is 2.65. The van der Waals surface area contributed by atoms with Crippen LogP contribution in [0, 0.1) is 15.9 Å². The molecule has 1 aromatic carbocycles. The number of halogens is 2. The molecule has 2 nitrogen and oxygen atoms in total. The zero-order chi connectivity index (χ0) is 11.3. The summed E-state index contributed by atoms with van der Waals surface area (Å²) in [5.41, 5.74) is 0.624. The van der Waals surface area contributed by atoms with Gasteiger partial charge in [0.05, 0.1) is 10.7 Å². The van der Waals surface area contributed by atoms with Crippen LogP contribution in [0.4, 0.5) is 5.69 Å². The molecule has 4 heteroatoms. The molecule has 1 amide bonds. The second-order valence-electron chi connectivity index (χ2n) is 2.88. The lowest BCUT2D eigenvalue weighted by Crippen LogP contribution is -2.11. The maximum atomic E-state index is 11.3. The Labute approximate surface area is 108 Å². The lowest BCUT2D eigenvalue weighted by molar-refractivity contribution is -0.116. The van der Waals surface area contributed by atoms with Gasteiger partial charge in [-0.3, -0.25) is 4.79 Å². The van der Waals surface area contributed by atoms with Crippen LogP contribution in [-0.4, -0.2) is 5.91 Å². The molecule has 1 aromatic rings.